The molecule has 0 spiro atoms. The first kappa shape index (κ1) is 20.1. The molecule has 1 fully saturated rings. The first-order valence-corrected chi connectivity index (χ1v) is 9.65. The summed E-state index contributed by atoms with van der Waals surface area (Å²) in [5.41, 5.74) is 1.09. The Morgan fingerprint density at radius 1 is 1.11 bits per heavy atom. The Morgan fingerprint density at radius 2 is 1.79 bits per heavy atom. The average molecular weight is 383 g/mol. The molecule has 28 heavy (non-hydrogen) atoms. The van der Waals surface area contributed by atoms with Gasteiger partial charge in [-0.3, -0.25) is 4.79 Å². The number of carboxylic acids is 1. The van der Waals surface area contributed by atoms with Gasteiger partial charge in [0.05, 0.1) is 11.0 Å². The van der Waals surface area contributed by atoms with Crippen LogP contribution in [0.5, 0.6) is 0 Å². The maximum atomic E-state index is 13.6. The van der Waals surface area contributed by atoms with Crippen LogP contribution in [0, 0.1) is 11.7 Å². The van der Waals surface area contributed by atoms with Gasteiger partial charge in [-0.25, -0.2) is 9.18 Å². The second-order valence-electron chi connectivity index (χ2n) is 8.04. The highest BCUT2D eigenvalue weighted by Crippen LogP contribution is 2.30. The van der Waals surface area contributed by atoms with Crippen LogP contribution in [0.2, 0.25) is 0 Å². The Labute approximate surface area is 165 Å². The van der Waals surface area contributed by atoms with Crippen molar-refractivity contribution in [2.45, 2.75) is 38.5 Å². The number of carbonyl (C=O) groups excluding carboxylic acids is 1. The summed E-state index contributed by atoms with van der Waals surface area (Å²) in [4.78, 5) is 26.3. The average Bonchev–Trinajstić information content (AvgIpc) is 2.68. The highest BCUT2D eigenvalue weighted by molar-refractivity contribution is 5.89. The molecule has 0 atom stereocenters. The third kappa shape index (κ3) is 4.24. The van der Waals surface area contributed by atoms with Crippen LogP contribution >= 0.6 is 0 Å². The molecule has 2 aromatic carbocycles. The maximum absolute atomic E-state index is 13.6. The fourth-order valence-electron chi connectivity index (χ4n) is 3.95. The highest BCUT2D eigenvalue weighted by atomic mass is 19.1. The Balaban J connectivity index is 1.64. The number of hydrogen-bond donors (Lipinski definition) is 1. The van der Waals surface area contributed by atoms with E-state index in [9.17, 15) is 19.1 Å². The van der Waals surface area contributed by atoms with Gasteiger partial charge < -0.3 is 10.0 Å². The molecule has 0 bridgehead atoms. The molecular weight excluding hydrogens is 357 g/mol. The molecule has 0 saturated carbocycles. The van der Waals surface area contributed by atoms with E-state index in [1.807, 2.05) is 30.9 Å². The van der Waals surface area contributed by atoms with Gasteiger partial charge in [0.15, 0.2) is 0 Å². The van der Waals surface area contributed by atoms with Crippen molar-refractivity contribution in [3.8, 4) is 0 Å². The third-order valence-electron chi connectivity index (χ3n) is 5.74. The molecule has 3 rings (SSSR count). The van der Waals surface area contributed by atoms with Crippen molar-refractivity contribution >= 4 is 11.9 Å². The quantitative estimate of drug-likeness (QED) is 0.838. The smallest absolute Gasteiger partial charge is 0.335 e. The SMILES string of the molecule is CC(C)(C(=O)N1CCC(Cc2ccccc2C(=O)O)CC1)c1cccc(F)c1. The van der Waals surface area contributed by atoms with E-state index in [2.05, 4.69) is 0 Å². The second kappa shape index (κ2) is 8.13. The lowest BCUT2D eigenvalue weighted by Crippen LogP contribution is -2.47. The normalized spacial score (nSPS) is 15.5. The van der Waals surface area contributed by atoms with E-state index in [1.54, 1.807) is 24.3 Å². The third-order valence-corrected chi connectivity index (χ3v) is 5.74. The van der Waals surface area contributed by atoms with Crippen LogP contribution in [0.3, 0.4) is 0 Å². The summed E-state index contributed by atoms with van der Waals surface area (Å²) < 4.78 is 13.6. The van der Waals surface area contributed by atoms with Crippen LogP contribution < -0.4 is 0 Å². The van der Waals surface area contributed by atoms with Crippen LogP contribution in [0.15, 0.2) is 48.5 Å². The Bertz CT molecular complexity index is 870. The van der Waals surface area contributed by atoms with Crippen LogP contribution in [-0.4, -0.2) is 35.0 Å². The largest absolute Gasteiger partial charge is 0.478 e. The van der Waals surface area contributed by atoms with Crippen molar-refractivity contribution in [2.24, 2.45) is 5.92 Å². The number of piperidine rings is 1. The molecule has 2 aromatic rings. The van der Waals surface area contributed by atoms with Crippen molar-refractivity contribution in [3.63, 3.8) is 0 Å². The van der Waals surface area contributed by atoms with Crippen molar-refractivity contribution in [2.75, 3.05) is 13.1 Å². The lowest BCUT2D eigenvalue weighted by molar-refractivity contribution is -0.137. The summed E-state index contributed by atoms with van der Waals surface area (Å²) in [5, 5.41) is 9.35. The molecule has 0 aliphatic carbocycles. The van der Waals surface area contributed by atoms with E-state index in [1.165, 1.54) is 12.1 Å². The van der Waals surface area contributed by atoms with Gasteiger partial charge in [0.1, 0.15) is 5.82 Å². The number of amides is 1. The molecule has 1 aliphatic heterocycles. The maximum Gasteiger partial charge on any atom is 0.335 e. The zero-order chi connectivity index (χ0) is 20.3. The predicted octanol–water partition coefficient (Wildman–Crippen LogP) is 4.28. The summed E-state index contributed by atoms with van der Waals surface area (Å²) in [7, 11) is 0. The standard InChI is InChI=1S/C23H26FNO3/c1-23(2,18-7-5-8-19(24)15-18)22(28)25-12-10-16(11-13-25)14-17-6-3-4-9-20(17)21(26)27/h3-9,15-16H,10-14H2,1-2H3,(H,26,27). The van der Waals surface area contributed by atoms with E-state index in [-0.39, 0.29) is 11.7 Å². The minimum absolute atomic E-state index is 0.00230. The number of carbonyl (C=O) groups is 2. The monoisotopic (exact) mass is 383 g/mol. The first-order chi connectivity index (χ1) is 13.3. The summed E-state index contributed by atoms with van der Waals surface area (Å²) >= 11 is 0. The number of halogens is 1. The zero-order valence-corrected chi connectivity index (χ0v) is 16.3. The van der Waals surface area contributed by atoms with Crippen molar-refractivity contribution in [1.82, 2.24) is 4.90 Å². The van der Waals surface area contributed by atoms with Gasteiger partial charge in [0.25, 0.3) is 0 Å². The van der Waals surface area contributed by atoms with Gasteiger partial charge in [-0.15, -0.1) is 0 Å². The van der Waals surface area contributed by atoms with Crippen LogP contribution in [0.4, 0.5) is 4.39 Å². The minimum Gasteiger partial charge on any atom is -0.478 e. The molecular formula is C23H26FNO3. The molecule has 0 radical (unpaired) electrons. The molecule has 1 aliphatic rings. The van der Waals surface area contributed by atoms with Gasteiger partial charge in [-0.05, 0) is 68.4 Å². The number of carboxylic acid groups (broad SMARTS) is 1. The molecule has 5 heteroatoms. The zero-order valence-electron chi connectivity index (χ0n) is 16.3. The second-order valence-corrected chi connectivity index (χ2v) is 8.04. The predicted molar refractivity (Wildman–Crippen MR) is 106 cm³/mol. The summed E-state index contributed by atoms with van der Waals surface area (Å²) in [6.45, 7) is 4.94. The van der Waals surface area contributed by atoms with Gasteiger partial charge >= 0.3 is 5.97 Å². The summed E-state index contributed by atoms with van der Waals surface area (Å²) in [5.74, 6) is -0.890. The molecule has 1 saturated heterocycles. The number of likely N-dealkylation sites (tertiary alicyclic amines) is 1. The molecule has 1 amide bonds. The molecule has 0 aromatic heterocycles. The Hall–Kier alpha value is -2.69. The molecule has 1 heterocycles. The van der Waals surface area contributed by atoms with Gasteiger partial charge in [0.2, 0.25) is 5.91 Å². The van der Waals surface area contributed by atoms with Gasteiger partial charge in [-0.1, -0.05) is 30.3 Å². The van der Waals surface area contributed by atoms with E-state index in [4.69, 9.17) is 0 Å². The topological polar surface area (TPSA) is 57.6 Å². The Kier molecular flexibility index (Phi) is 5.82. The fraction of sp³-hybridized carbons (Fsp3) is 0.391. The lowest BCUT2D eigenvalue weighted by atomic mass is 9.81. The molecule has 148 valence electrons. The Morgan fingerprint density at radius 3 is 2.43 bits per heavy atom. The molecule has 4 nitrogen and oxygen atoms in total. The number of benzene rings is 2. The minimum atomic E-state index is -0.903. The van der Waals surface area contributed by atoms with E-state index in [0.29, 0.717) is 36.6 Å². The molecule has 1 N–H and O–H groups in total. The van der Waals surface area contributed by atoms with Crippen LogP contribution in [0.1, 0.15) is 48.2 Å². The number of rotatable bonds is 5. The van der Waals surface area contributed by atoms with Crippen LogP contribution in [0.25, 0.3) is 0 Å². The lowest BCUT2D eigenvalue weighted by Gasteiger charge is -2.37. The fourth-order valence-corrected chi connectivity index (χ4v) is 3.95. The van der Waals surface area contributed by atoms with E-state index >= 15 is 0 Å². The highest BCUT2D eigenvalue weighted by Gasteiger charge is 2.35. The number of hydrogen-bond acceptors (Lipinski definition) is 2. The summed E-state index contributed by atoms with van der Waals surface area (Å²) in [6, 6.07) is 13.3. The summed E-state index contributed by atoms with van der Waals surface area (Å²) in [6.07, 6.45) is 2.37. The molecule has 0 unspecified atom stereocenters. The first-order valence-electron chi connectivity index (χ1n) is 9.65. The van der Waals surface area contributed by atoms with E-state index in [0.717, 1.165) is 18.4 Å². The van der Waals surface area contributed by atoms with Crippen molar-refractivity contribution < 1.29 is 19.1 Å². The van der Waals surface area contributed by atoms with Crippen molar-refractivity contribution in [1.29, 1.82) is 0 Å². The number of nitrogens with zero attached hydrogens (tertiary/aromatic N) is 1. The van der Waals surface area contributed by atoms with Crippen LogP contribution in [-0.2, 0) is 16.6 Å². The van der Waals surface area contributed by atoms with Gasteiger partial charge in [-0.2, -0.15) is 0 Å². The number of aromatic carboxylic acids is 1. The van der Waals surface area contributed by atoms with Gasteiger partial charge in [0, 0.05) is 13.1 Å². The van der Waals surface area contributed by atoms with E-state index < -0.39 is 11.4 Å². The van der Waals surface area contributed by atoms with Crippen molar-refractivity contribution in [3.05, 3.63) is 71.0 Å².